The average Bonchev–Trinajstić information content (AvgIpc) is 2.34. The van der Waals surface area contributed by atoms with Crippen LogP contribution >= 0.6 is 0 Å². The highest BCUT2D eigenvalue weighted by molar-refractivity contribution is 5.94. The maximum Gasteiger partial charge on any atom is 0.416 e. The summed E-state index contributed by atoms with van der Waals surface area (Å²) in [5.74, 6) is -0.352. The summed E-state index contributed by atoms with van der Waals surface area (Å²) >= 11 is 0. The minimum Gasteiger partial charge on any atom is -0.376 e. The molecule has 0 aliphatic carbocycles. The van der Waals surface area contributed by atoms with Gasteiger partial charge in [-0.05, 0) is 31.5 Å². The summed E-state index contributed by atoms with van der Waals surface area (Å²) in [6, 6.07) is 3.14. The summed E-state index contributed by atoms with van der Waals surface area (Å²) in [5, 5.41) is 2.52. The normalized spacial score (nSPS) is 12.9. The Morgan fingerprint density at radius 2 is 2.00 bits per heavy atom. The Kier molecular flexibility index (Phi) is 5.60. The van der Waals surface area contributed by atoms with E-state index in [9.17, 15) is 18.0 Å². The molecule has 0 aromatic heterocycles. The minimum absolute atomic E-state index is 0.134. The zero-order valence-electron chi connectivity index (χ0n) is 12.3. The zero-order chi connectivity index (χ0) is 16.2. The Morgan fingerprint density at radius 1 is 1.38 bits per heavy atom. The SMILES string of the molecule is CC(N)CCC(=O)Nc1cc(C(F)(F)F)ccc1N(C)C. The Morgan fingerprint density at radius 3 is 2.48 bits per heavy atom. The standard InChI is InChI=1S/C14H20F3N3O/c1-9(18)4-7-13(21)19-11-8-10(14(15,16)17)5-6-12(11)20(2)3/h5-6,8-9H,4,7,18H2,1-3H3,(H,19,21). The van der Waals surface area contributed by atoms with Gasteiger partial charge in [-0.15, -0.1) is 0 Å². The Balaban J connectivity index is 2.99. The fourth-order valence-corrected chi connectivity index (χ4v) is 1.77. The lowest BCUT2D eigenvalue weighted by Gasteiger charge is -2.20. The van der Waals surface area contributed by atoms with Gasteiger partial charge in [0.25, 0.3) is 0 Å². The predicted octanol–water partition coefficient (Wildman–Crippen LogP) is 2.84. The first-order chi connectivity index (χ1) is 9.61. The molecule has 0 saturated heterocycles. The first kappa shape index (κ1) is 17.3. The van der Waals surface area contributed by atoms with Crippen molar-refractivity contribution >= 4 is 17.3 Å². The van der Waals surface area contributed by atoms with Crippen molar-refractivity contribution in [1.82, 2.24) is 0 Å². The highest BCUT2D eigenvalue weighted by Crippen LogP contribution is 2.34. The van der Waals surface area contributed by atoms with Crippen molar-refractivity contribution in [3.8, 4) is 0 Å². The van der Waals surface area contributed by atoms with Gasteiger partial charge in [-0.1, -0.05) is 0 Å². The molecule has 1 atom stereocenters. The van der Waals surface area contributed by atoms with Crippen LogP contribution in [-0.2, 0) is 11.0 Å². The second-order valence-corrected chi connectivity index (χ2v) is 5.19. The Bertz CT molecular complexity index is 499. The molecule has 118 valence electrons. The lowest BCUT2D eigenvalue weighted by molar-refractivity contribution is -0.137. The number of carbonyl (C=O) groups excluding carboxylic acids is 1. The summed E-state index contributed by atoms with van der Waals surface area (Å²) in [7, 11) is 3.39. The number of carbonyl (C=O) groups is 1. The maximum atomic E-state index is 12.7. The van der Waals surface area contributed by atoms with Crippen molar-refractivity contribution in [2.75, 3.05) is 24.3 Å². The third kappa shape index (κ3) is 5.26. The number of anilines is 2. The summed E-state index contributed by atoms with van der Waals surface area (Å²) in [5.41, 5.74) is 5.41. The largest absolute Gasteiger partial charge is 0.416 e. The van der Waals surface area contributed by atoms with Crippen molar-refractivity contribution in [2.45, 2.75) is 32.0 Å². The van der Waals surface area contributed by atoms with E-state index in [0.717, 1.165) is 12.1 Å². The van der Waals surface area contributed by atoms with Crippen molar-refractivity contribution in [3.63, 3.8) is 0 Å². The highest BCUT2D eigenvalue weighted by atomic mass is 19.4. The van der Waals surface area contributed by atoms with E-state index in [1.165, 1.54) is 6.07 Å². The zero-order valence-corrected chi connectivity index (χ0v) is 12.3. The summed E-state index contributed by atoms with van der Waals surface area (Å²) in [6.45, 7) is 1.77. The molecule has 21 heavy (non-hydrogen) atoms. The van der Waals surface area contributed by atoms with Crippen LogP contribution in [0.5, 0.6) is 0 Å². The molecule has 1 aromatic rings. The number of benzene rings is 1. The van der Waals surface area contributed by atoms with Gasteiger partial charge in [-0.25, -0.2) is 0 Å². The number of hydrogen-bond donors (Lipinski definition) is 2. The van der Waals surface area contributed by atoms with Crippen LogP contribution in [0.15, 0.2) is 18.2 Å². The van der Waals surface area contributed by atoms with E-state index in [0.29, 0.717) is 12.1 Å². The van der Waals surface area contributed by atoms with Crippen molar-refractivity contribution < 1.29 is 18.0 Å². The average molecular weight is 303 g/mol. The van der Waals surface area contributed by atoms with Crippen molar-refractivity contribution in [1.29, 1.82) is 0 Å². The van der Waals surface area contributed by atoms with Gasteiger partial charge in [-0.3, -0.25) is 4.79 Å². The number of amides is 1. The van der Waals surface area contributed by atoms with Crippen molar-refractivity contribution in [2.24, 2.45) is 5.73 Å². The molecule has 1 unspecified atom stereocenters. The van der Waals surface area contributed by atoms with Gasteiger partial charge in [0.15, 0.2) is 0 Å². The number of hydrogen-bond acceptors (Lipinski definition) is 3. The van der Waals surface area contributed by atoms with Crippen LogP contribution in [0, 0.1) is 0 Å². The van der Waals surface area contributed by atoms with Gasteiger partial charge in [0, 0.05) is 26.6 Å². The van der Waals surface area contributed by atoms with Gasteiger partial charge >= 0.3 is 6.18 Å². The van der Waals surface area contributed by atoms with E-state index < -0.39 is 11.7 Å². The third-order valence-electron chi connectivity index (χ3n) is 2.91. The molecule has 7 heteroatoms. The Labute approximate surface area is 122 Å². The molecule has 0 aliphatic rings. The molecule has 0 heterocycles. The molecule has 0 fully saturated rings. The fourth-order valence-electron chi connectivity index (χ4n) is 1.77. The van der Waals surface area contributed by atoms with E-state index in [4.69, 9.17) is 5.73 Å². The molecular formula is C14H20F3N3O. The minimum atomic E-state index is -4.45. The molecule has 1 aromatic carbocycles. The lowest BCUT2D eigenvalue weighted by atomic mass is 10.1. The molecule has 0 spiro atoms. The van der Waals surface area contributed by atoms with E-state index in [1.54, 1.807) is 25.9 Å². The lowest BCUT2D eigenvalue weighted by Crippen LogP contribution is -2.21. The number of halogens is 3. The number of rotatable bonds is 5. The number of nitrogens with one attached hydrogen (secondary N) is 1. The monoisotopic (exact) mass is 303 g/mol. The van der Waals surface area contributed by atoms with Crippen LogP contribution in [0.25, 0.3) is 0 Å². The molecule has 1 rings (SSSR count). The van der Waals surface area contributed by atoms with Gasteiger partial charge in [0.1, 0.15) is 0 Å². The fraction of sp³-hybridized carbons (Fsp3) is 0.500. The molecule has 4 nitrogen and oxygen atoms in total. The molecule has 0 radical (unpaired) electrons. The summed E-state index contributed by atoms with van der Waals surface area (Å²) in [4.78, 5) is 13.4. The van der Waals surface area contributed by atoms with Gasteiger partial charge in [0.2, 0.25) is 5.91 Å². The highest BCUT2D eigenvalue weighted by Gasteiger charge is 2.31. The molecule has 0 bridgehead atoms. The van der Waals surface area contributed by atoms with Gasteiger partial charge in [-0.2, -0.15) is 13.2 Å². The maximum absolute atomic E-state index is 12.7. The molecule has 3 N–H and O–H groups in total. The van der Waals surface area contributed by atoms with Gasteiger partial charge < -0.3 is 16.0 Å². The van der Waals surface area contributed by atoms with Crippen LogP contribution in [-0.4, -0.2) is 26.0 Å². The van der Waals surface area contributed by atoms with E-state index in [2.05, 4.69) is 5.32 Å². The summed E-state index contributed by atoms with van der Waals surface area (Å²) in [6.07, 6.45) is -3.81. The molecule has 0 saturated carbocycles. The second-order valence-electron chi connectivity index (χ2n) is 5.19. The second kappa shape index (κ2) is 6.80. The van der Waals surface area contributed by atoms with Crippen LogP contribution in [0.4, 0.5) is 24.5 Å². The van der Waals surface area contributed by atoms with E-state index in [-0.39, 0.29) is 24.1 Å². The first-order valence-corrected chi connectivity index (χ1v) is 6.55. The van der Waals surface area contributed by atoms with Crippen molar-refractivity contribution in [3.05, 3.63) is 23.8 Å². The van der Waals surface area contributed by atoms with Crippen LogP contribution < -0.4 is 16.0 Å². The number of nitrogens with zero attached hydrogens (tertiary/aromatic N) is 1. The molecular weight excluding hydrogens is 283 g/mol. The van der Waals surface area contributed by atoms with Crippen LogP contribution in [0.1, 0.15) is 25.3 Å². The Hall–Kier alpha value is -1.76. The van der Waals surface area contributed by atoms with E-state index in [1.807, 2.05) is 0 Å². The third-order valence-corrected chi connectivity index (χ3v) is 2.91. The van der Waals surface area contributed by atoms with Gasteiger partial charge in [0.05, 0.1) is 16.9 Å². The van der Waals surface area contributed by atoms with Crippen LogP contribution in [0.3, 0.4) is 0 Å². The first-order valence-electron chi connectivity index (χ1n) is 6.55. The number of nitrogens with two attached hydrogens (primary N) is 1. The predicted molar refractivity (Wildman–Crippen MR) is 77.3 cm³/mol. The topological polar surface area (TPSA) is 58.4 Å². The number of alkyl halides is 3. The molecule has 1 amide bonds. The van der Waals surface area contributed by atoms with Crippen LogP contribution in [0.2, 0.25) is 0 Å². The smallest absolute Gasteiger partial charge is 0.376 e. The summed E-state index contributed by atoms with van der Waals surface area (Å²) < 4.78 is 38.2. The quantitative estimate of drug-likeness (QED) is 0.879. The molecule has 0 aliphatic heterocycles. The van der Waals surface area contributed by atoms with E-state index >= 15 is 0 Å².